The van der Waals surface area contributed by atoms with Crippen LogP contribution in [0.1, 0.15) is 11.6 Å². The molecule has 0 saturated heterocycles. The average molecular weight is 378 g/mol. The largest absolute Gasteiger partial charge is 0.461 e. The van der Waals surface area contributed by atoms with Gasteiger partial charge in [-0.3, -0.25) is 0 Å². The smallest absolute Gasteiger partial charge is 0.428 e. The number of hydrogen-bond donors (Lipinski definition) is 1. The quantitative estimate of drug-likeness (QED) is 0.765. The maximum atomic E-state index is 13.0. The fourth-order valence-electron chi connectivity index (χ4n) is 1.33. The van der Waals surface area contributed by atoms with E-state index in [4.69, 9.17) is 5.73 Å². The number of ether oxygens (including phenoxy) is 1. The Balaban J connectivity index is 0.00000484. The van der Waals surface area contributed by atoms with E-state index < -0.39 is 42.0 Å². The molecule has 0 spiro atoms. The maximum Gasteiger partial charge on any atom is 0.461 e. The van der Waals surface area contributed by atoms with Crippen molar-refractivity contribution in [3.8, 4) is 5.75 Å². The Morgan fingerprint density at radius 1 is 0.870 bits per heavy atom. The van der Waals surface area contributed by atoms with E-state index in [1.807, 2.05) is 0 Å². The molecule has 0 aliphatic rings. The molecule has 12 heteroatoms. The third kappa shape index (κ3) is 4.80. The standard InChI is InChI=1S/C11H8F9NO.ClH/c12-8(13)10(16,17)22-6-3-1-5(2-4-6)7(21)9(14,15)11(18,19)20;/h1-4,7-8H,21H2;1H/t7-;/m1./s1. The Bertz CT molecular complexity index is 503. The van der Waals surface area contributed by atoms with Crippen molar-refractivity contribution >= 4 is 12.4 Å². The van der Waals surface area contributed by atoms with Crippen LogP contribution in [0.25, 0.3) is 0 Å². The van der Waals surface area contributed by atoms with Gasteiger partial charge in [-0.15, -0.1) is 12.4 Å². The second-order valence-electron chi connectivity index (χ2n) is 4.13. The summed E-state index contributed by atoms with van der Waals surface area (Å²) in [6.07, 6.45) is -14.9. The van der Waals surface area contributed by atoms with Crippen LogP contribution in [0.2, 0.25) is 0 Å². The Hall–Kier alpha value is -1.36. The molecule has 0 fully saturated rings. The SMILES string of the molecule is Cl.N[C@H](c1ccc(OC(F)(F)C(F)F)cc1)C(F)(F)C(F)(F)F. The van der Waals surface area contributed by atoms with Crippen LogP contribution < -0.4 is 10.5 Å². The molecule has 0 radical (unpaired) electrons. The maximum absolute atomic E-state index is 13.0. The van der Waals surface area contributed by atoms with E-state index >= 15 is 0 Å². The molecular formula is C11H9ClF9NO. The van der Waals surface area contributed by atoms with E-state index in [-0.39, 0.29) is 12.4 Å². The summed E-state index contributed by atoms with van der Waals surface area (Å²) in [5.41, 5.74) is 4.06. The lowest BCUT2D eigenvalue weighted by molar-refractivity contribution is -0.291. The first-order valence-corrected chi connectivity index (χ1v) is 5.44. The summed E-state index contributed by atoms with van der Waals surface area (Å²) in [5, 5.41) is 0. The van der Waals surface area contributed by atoms with Gasteiger partial charge in [-0.25, -0.2) is 0 Å². The van der Waals surface area contributed by atoms with Crippen molar-refractivity contribution in [3.05, 3.63) is 29.8 Å². The van der Waals surface area contributed by atoms with E-state index in [1.165, 1.54) is 0 Å². The van der Waals surface area contributed by atoms with E-state index in [9.17, 15) is 39.5 Å². The van der Waals surface area contributed by atoms with Crippen LogP contribution in [0.15, 0.2) is 24.3 Å². The summed E-state index contributed by atoms with van der Waals surface area (Å²) >= 11 is 0. The van der Waals surface area contributed by atoms with Crippen LogP contribution >= 0.6 is 12.4 Å². The summed E-state index contributed by atoms with van der Waals surface area (Å²) in [6.45, 7) is 0. The van der Waals surface area contributed by atoms with E-state index in [0.29, 0.717) is 24.3 Å². The summed E-state index contributed by atoms with van der Waals surface area (Å²) in [6, 6.07) is -0.657. The second kappa shape index (κ2) is 7.04. The molecule has 0 heterocycles. The molecule has 0 saturated carbocycles. The molecule has 1 aromatic carbocycles. The number of benzene rings is 1. The first-order valence-electron chi connectivity index (χ1n) is 5.44. The Morgan fingerprint density at radius 2 is 1.30 bits per heavy atom. The van der Waals surface area contributed by atoms with Crippen LogP contribution in [-0.2, 0) is 0 Å². The minimum Gasteiger partial charge on any atom is -0.428 e. The predicted molar refractivity (Wildman–Crippen MR) is 63.2 cm³/mol. The molecule has 0 unspecified atom stereocenters. The second-order valence-corrected chi connectivity index (χ2v) is 4.13. The minimum atomic E-state index is -5.91. The van der Waals surface area contributed by atoms with Crippen molar-refractivity contribution in [3.63, 3.8) is 0 Å². The molecule has 23 heavy (non-hydrogen) atoms. The lowest BCUT2D eigenvalue weighted by Gasteiger charge is -2.26. The zero-order valence-corrected chi connectivity index (χ0v) is 11.6. The Morgan fingerprint density at radius 3 is 1.65 bits per heavy atom. The Labute approximate surface area is 129 Å². The van der Waals surface area contributed by atoms with Gasteiger partial charge in [0.25, 0.3) is 0 Å². The molecule has 2 N–H and O–H groups in total. The summed E-state index contributed by atoms with van der Waals surface area (Å²) in [4.78, 5) is 0. The highest BCUT2D eigenvalue weighted by molar-refractivity contribution is 5.85. The average Bonchev–Trinajstić information content (AvgIpc) is 2.36. The highest BCUT2D eigenvalue weighted by atomic mass is 35.5. The van der Waals surface area contributed by atoms with Crippen LogP contribution in [0, 0.1) is 0 Å². The summed E-state index contributed by atoms with van der Waals surface area (Å²) < 4.78 is 115. The van der Waals surface area contributed by atoms with Gasteiger partial charge in [0, 0.05) is 0 Å². The van der Waals surface area contributed by atoms with Gasteiger partial charge in [0.15, 0.2) is 0 Å². The third-order valence-corrected chi connectivity index (χ3v) is 2.52. The van der Waals surface area contributed by atoms with Crippen LogP contribution in [0.5, 0.6) is 5.75 Å². The molecule has 0 aliphatic carbocycles. The monoisotopic (exact) mass is 377 g/mol. The highest BCUT2D eigenvalue weighted by Crippen LogP contribution is 2.43. The Kier molecular flexibility index (Phi) is 6.62. The number of alkyl halides is 9. The zero-order valence-electron chi connectivity index (χ0n) is 10.8. The van der Waals surface area contributed by atoms with E-state index in [0.717, 1.165) is 0 Å². The van der Waals surface area contributed by atoms with Crippen molar-refractivity contribution in [2.75, 3.05) is 0 Å². The van der Waals surface area contributed by atoms with Gasteiger partial charge in [-0.1, -0.05) is 12.1 Å². The van der Waals surface area contributed by atoms with E-state index in [1.54, 1.807) is 0 Å². The van der Waals surface area contributed by atoms with Gasteiger partial charge in [0.2, 0.25) is 0 Å². The summed E-state index contributed by atoms with van der Waals surface area (Å²) in [7, 11) is 0. The first-order chi connectivity index (χ1) is 9.79. The van der Waals surface area contributed by atoms with Crippen LogP contribution in [-0.4, -0.2) is 24.6 Å². The molecule has 1 aromatic rings. The van der Waals surface area contributed by atoms with Crippen molar-refractivity contribution < 1.29 is 44.3 Å². The molecule has 134 valence electrons. The normalized spacial score (nSPS) is 14.4. The van der Waals surface area contributed by atoms with E-state index in [2.05, 4.69) is 4.74 Å². The molecule has 0 aromatic heterocycles. The molecule has 1 atom stereocenters. The van der Waals surface area contributed by atoms with Crippen molar-refractivity contribution in [1.82, 2.24) is 0 Å². The van der Waals surface area contributed by atoms with Crippen molar-refractivity contribution in [1.29, 1.82) is 0 Å². The third-order valence-electron chi connectivity index (χ3n) is 2.52. The number of hydrogen-bond acceptors (Lipinski definition) is 2. The number of halogens is 10. The van der Waals surface area contributed by atoms with Gasteiger partial charge in [-0.05, 0) is 17.7 Å². The van der Waals surface area contributed by atoms with Gasteiger partial charge in [-0.2, -0.15) is 39.5 Å². The molecular weight excluding hydrogens is 369 g/mol. The lowest BCUT2D eigenvalue weighted by Crippen LogP contribution is -2.45. The van der Waals surface area contributed by atoms with Gasteiger partial charge < -0.3 is 10.5 Å². The van der Waals surface area contributed by atoms with Crippen molar-refractivity contribution in [2.24, 2.45) is 5.73 Å². The number of rotatable bonds is 5. The van der Waals surface area contributed by atoms with Gasteiger partial charge >= 0.3 is 24.6 Å². The molecule has 0 bridgehead atoms. The molecule has 2 nitrogen and oxygen atoms in total. The zero-order chi connectivity index (χ0) is 17.3. The first kappa shape index (κ1) is 21.6. The molecule has 1 rings (SSSR count). The minimum absolute atomic E-state index is 0. The number of nitrogens with two attached hydrogens (primary N) is 1. The van der Waals surface area contributed by atoms with Crippen LogP contribution in [0.4, 0.5) is 39.5 Å². The van der Waals surface area contributed by atoms with Gasteiger partial charge in [0.1, 0.15) is 11.8 Å². The lowest BCUT2D eigenvalue weighted by atomic mass is 10.0. The molecule has 0 aliphatic heterocycles. The highest BCUT2D eigenvalue weighted by Gasteiger charge is 2.61. The van der Waals surface area contributed by atoms with Gasteiger partial charge in [0.05, 0.1) is 0 Å². The fourth-order valence-corrected chi connectivity index (χ4v) is 1.33. The van der Waals surface area contributed by atoms with Crippen LogP contribution in [0.3, 0.4) is 0 Å². The predicted octanol–water partition coefficient (Wildman–Crippen LogP) is 4.54. The fraction of sp³-hybridized carbons (Fsp3) is 0.455. The summed E-state index contributed by atoms with van der Waals surface area (Å²) in [5.74, 6) is -6.11. The van der Waals surface area contributed by atoms with Crippen molar-refractivity contribution in [2.45, 2.75) is 30.7 Å². The topological polar surface area (TPSA) is 35.2 Å². The molecule has 0 amide bonds.